The average molecular weight is 611 g/mol. The summed E-state index contributed by atoms with van der Waals surface area (Å²) >= 11 is 1.39. The number of carbonyl (C=O) groups is 2. The van der Waals surface area contributed by atoms with Gasteiger partial charge in [0, 0.05) is 43.2 Å². The second-order valence-corrected chi connectivity index (χ2v) is 12.0. The summed E-state index contributed by atoms with van der Waals surface area (Å²) in [6.07, 6.45) is 2.56. The van der Waals surface area contributed by atoms with Crippen molar-refractivity contribution in [1.82, 2.24) is 4.90 Å². The van der Waals surface area contributed by atoms with Gasteiger partial charge in [0.05, 0.1) is 34.4 Å². The van der Waals surface area contributed by atoms with E-state index in [4.69, 9.17) is 4.74 Å². The van der Waals surface area contributed by atoms with Crippen LogP contribution in [0.3, 0.4) is 0 Å². The molecule has 0 unspecified atom stereocenters. The summed E-state index contributed by atoms with van der Waals surface area (Å²) in [6, 6.07) is 25.4. The largest absolute Gasteiger partial charge is 0.462 e. The van der Waals surface area contributed by atoms with Gasteiger partial charge in [-0.3, -0.25) is 19.8 Å². The van der Waals surface area contributed by atoms with E-state index in [1.807, 2.05) is 12.1 Å². The van der Waals surface area contributed by atoms with Gasteiger partial charge in [0.25, 0.3) is 11.6 Å². The molecule has 0 spiro atoms. The Morgan fingerprint density at radius 2 is 1.61 bits per heavy atom. The minimum absolute atomic E-state index is 0.0845. The van der Waals surface area contributed by atoms with Crippen LogP contribution in [0.2, 0.25) is 0 Å². The fourth-order valence-corrected chi connectivity index (χ4v) is 7.56. The Hall–Kier alpha value is -4.54. The Bertz CT molecular complexity index is 1630. The molecule has 226 valence electrons. The number of thiophene rings is 1. The van der Waals surface area contributed by atoms with Crippen LogP contribution in [0.4, 0.5) is 16.4 Å². The molecule has 4 aromatic rings. The summed E-state index contributed by atoms with van der Waals surface area (Å²) in [5, 5.41) is 15.1. The number of aryl methyl sites for hydroxylation is 1. The molecule has 1 N–H and O–H groups in total. The van der Waals surface area contributed by atoms with E-state index < -0.39 is 16.8 Å². The number of piperazine rings is 1. The summed E-state index contributed by atoms with van der Waals surface area (Å²) in [5.41, 5.74) is 4.44. The van der Waals surface area contributed by atoms with E-state index in [-0.39, 0.29) is 23.9 Å². The first-order chi connectivity index (χ1) is 21.4. The Morgan fingerprint density at radius 1 is 0.955 bits per heavy atom. The van der Waals surface area contributed by atoms with Crippen molar-refractivity contribution in [2.45, 2.75) is 32.2 Å². The first-order valence-corrected chi connectivity index (χ1v) is 15.8. The molecular weight excluding hydrogens is 576 g/mol. The van der Waals surface area contributed by atoms with Gasteiger partial charge in [-0.1, -0.05) is 60.7 Å². The zero-order valence-corrected chi connectivity index (χ0v) is 25.3. The lowest BCUT2D eigenvalue weighted by atomic mass is 9.96. The summed E-state index contributed by atoms with van der Waals surface area (Å²) in [7, 11) is 0. The summed E-state index contributed by atoms with van der Waals surface area (Å²) in [6.45, 7) is 4.71. The van der Waals surface area contributed by atoms with Gasteiger partial charge in [0.2, 0.25) is 0 Å². The molecule has 1 aliphatic carbocycles. The van der Waals surface area contributed by atoms with Crippen LogP contribution in [0, 0.1) is 10.1 Å². The number of hydrogen-bond donors (Lipinski definition) is 1. The van der Waals surface area contributed by atoms with Crippen LogP contribution in [0.25, 0.3) is 0 Å². The number of anilines is 2. The van der Waals surface area contributed by atoms with Crippen molar-refractivity contribution in [2.24, 2.45) is 0 Å². The number of hydrogen-bond acceptors (Lipinski definition) is 8. The predicted octanol–water partition coefficient (Wildman–Crippen LogP) is 6.49. The number of fused-ring (bicyclic) bond motifs is 1. The molecule has 1 aromatic heterocycles. The number of nitro benzene ring substituents is 1. The lowest BCUT2D eigenvalue weighted by Gasteiger charge is -2.41. The molecule has 1 fully saturated rings. The summed E-state index contributed by atoms with van der Waals surface area (Å²) in [5.74, 6) is -0.938. The van der Waals surface area contributed by atoms with Crippen LogP contribution in [0.1, 0.15) is 61.7 Å². The maximum absolute atomic E-state index is 13.8. The van der Waals surface area contributed by atoms with Gasteiger partial charge in [-0.2, -0.15) is 0 Å². The van der Waals surface area contributed by atoms with Gasteiger partial charge in [0.1, 0.15) is 5.00 Å². The molecule has 10 heteroatoms. The van der Waals surface area contributed by atoms with Crippen LogP contribution < -0.4 is 10.2 Å². The summed E-state index contributed by atoms with van der Waals surface area (Å²) < 4.78 is 5.32. The number of benzene rings is 3. The molecule has 1 aliphatic heterocycles. The van der Waals surface area contributed by atoms with Crippen molar-refractivity contribution in [3.05, 3.63) is 122 Å². The quantitative estimate of drug-likeness (QED) is 0.131. The first-order valence-electron chi connectivity index (χ1n) is 14.9. The first kappa shape index (κ1) is 29.5. The maximum Gasteiger partial charge on any atom is 0.341 e. The van der Waals surface area contributed by atoms with Crippen molar-refractivity contribution in [2.75, 3.05) is 43.0 Å². The zero-order chi connectivity index (χ0) is 30.6. The number of nitro groups is 1. The normalized spacial score (nSPS) is 14.8. The number of ether oxygens (including phenoxy) is 1. The molecule has 44 heavy (non-hydrogen) atoms. The second kappa shape index (κ2) is 13.0. The Balaban J connectivity index is 1.27. The molecule has 0 radical (unpaired) electrons. The highest BCUT2D eigenvalue weighted by atomic mass is 32.1. The lowest BCUT2D eigenvalue weighted by molar-refractivity contribution is -0.384. The third-order valence-electron chi connectivity index (χ3n) is 8.31. The SMILES string of the molecule is CCOC(=O)c1c(NC(=O)c2cc([N+](=O)[O-])ccc2N2CCN(C(c3ccccc3)c3ccccc3)CC2)sc2c1CCC2. The molecule has 1 amide bonds. The number of amides is 1. The van der Waals surface area contributed by atoms with Gasteiger partial charge in [-0.15, -0.1) is 11.3 Å². The van der Waals surface area contributed by atoms with Crippen molar-refractivity contribution < 1.29 is 19.2 Å². The van der Waals surface area contributed by atoms with Gasteiger partial charge >= 0.3 is 5.97 Å². The van der Waals surface area contributed by atoms with Crippen molar-refractivity contribution in [3.63, 3.8) is 0 Å². The van der Waals surface area contributed by atoms with Gasteiger partial charge in [0.15, 0.2) is 0 Å². The predicted molar refractivity (Wildman–Crippen MR) is 172 cm³/mol. The fraction of sp³-hybridized carbons (Fsp3) is 0.294. The molecule has 9 nitrogen and oxygen atoms in total. The monoisotopic (exact) mass is 610 g/mol. The number of nitrogens with one attached hydrogen (secondary N) is 1. The molecule has 0 atom stereocenters. The van der Waals surface area contributed by atoms with E-state index in [0.717, 1.165) is 42.8 Å². The maximum atomic E-state index is 13.8. The van der Waals surface area contributed by atoms with Crippen LogP contribution >= 0.6 is 11.3 Å². The zero-order valence-electron chi connectivity index (χ0n) is 24.5. The Morgan fingerprint density at radius 3 is 2.23 bits per heavy atom. The molecule has 1 saturated heterocycles. The molecule has 0 bridgehead atoms. The topological polar surface area (TPSA) is 105 Å². The number of non-ortho nitro benzene ring substituents is 1. The van der Waals surface area contributed by atoms with Crippen LogP contribution in [0.5, 0.6) is 0 Å². The van der Waals surface area contributed by atoms with Crippen LogP contribution in [-0.2, 0) is 17.6 Å². The lowest BCUT2D eigenvalue weighted by Crippen LogP contribution is -2.48. The average Bonchev–Trinajstić information content (AvgIpc) is 3.63. The Kier molecular flexibility index (Phi) is 8.72. The number of rotatable bonds is 9. The summed E-state index contributed by atoms with van der Waals surface area (Å²) in [4.78, 5) is 43.6. The van der Waals surface area contributed by atoms with Gasteiger partial charge in [-0.05, 0) is 48.9 Å². The van der Waals surface area contributed by atoms with Crippen LogP contribution in [0.15, 0.2) is 78.9 Å². The number of nitrogens with zero attached hydrogens (tertiary/aromatic N) is 3. The molecular formula is C34H34N4O5S. The third kappa shape index (κ3) is 5.95. The van der Waals surface area contributed by atoms with Crippen molar-refractivity contribution in [3.8, 4) is 0 Å². The van der Waals surface area contributed by atoms with E-state index in [2.05, 4.69) is 63.6 Å². The minimum atomic E-state index is -0.494. The van der Waals surface area contributed by atoms with E-state index in [1.165, 1.54) is 34.6 Å². The van der Waals surface area contributed by atoms with Gasteiger partial charge < -0.3 is 15.0 Å². The standard InChI is InChI=1S/C34H34N4O5S/c1-2-43-34(40)30-26-14-9-15-29(26)44-33(30)35-32(39)27-22-25(38(41)42)16-17-28(27)36-18-20-37(21-19-36)31(23-10-5-3-6-11-23)24-12-7-4-8-13-24/h3-8,10-13,16-17,22,31H,2,9,14-15,18-21H2,1H3,(H,35,39). The van der Waals surface area contributed by atoms with Gasteiger partial charge in [-0.25, -0.2) is 4.79 Å². The van der Waals surface area contributed by atoms with E-state index in [1.54, 1.807) is 13.0 Å². The highest BCUT2D eigenvalue weighted by molar-refractivity contribution is 7.17. The molecule has 0 saturated carbocycles. The smallest absolute Gasteiger partial charge is 0.341 e. The molecule has 2 heterocycles. The molecule has 2 aliphatic rings. The van der Waals surface area contributed by atoms with E-state index in [9.17, 15) is 19.7 Å². The number of esters is 1. The molecule has 3 aromatic carbocycles. The Labute approximate surface area is 260 Å². The number of carbonyl (C=O) groups excluding carboxylic acids is 2. The highest BCUT2D eigenvalue weighted by Crippen LogP contribution is 2.40. The second-order valence-electron chi connectivity index (χ2n) is 10.9. The minimum Gasteiger partial charge on any atom is -0.462 e. The van der Waals surface area contributed by atoms with E-state index >= 15 is 0 Å². The van der Waals surface area contributed by atoms with E-state index in [0.29, 0.717) is 29.3 Å². The molecule has 6 rings (SSSR count). The third-order valence-corrected chi connectivity index (χ3v) is 9.52. The highest BCUT2D eigenvalue weighted by Gasteiger charge is 2.31. The van der Waals surface area contributed by atoms with Crippen molar-refractivity contribution >= 4 is 39.6 Å². The fourth-order valence-electron chi connectivity index (χ4n) is 6.28. The van der Waals surface area contributed by atoms with Crippen LogP contribution in [-0.4, -0.2) is 54.5 Å². The van der Waals surface area contributed by atoms with Crippen molar-refractivity contribution in [1.29, 1.82) is 0 Å².